The van der Waals surface area contributed by atoms with Crippen LogP contribution in [-0.2, 0) is 6.42 Å². The minimum absolute atomic E-state index is 0.208. The number of anilines is 1. The van der Waals surface area contributed by atoms with Crippen molar-refractivity contribution in [1.29, 1.82) is 0 Å². The minimum atomic E-state index is -0.307. The maximum absolute atomic E-state index is 12.5. The molecule has 0 saturated heterocycles. The lowest BCUT2D eigenvalue weighted by Gasteiger charge is -2.22. The van der Waals surface area contributed by atoms with E-state index in [-0.39, 0.29) is 29.2 Å². The summed E-state index contributed by atoms with van der Waals surface area (Å²) >= 11 is 0. The third-order valence-corrected chi connectivity index (χ3v) is 4.80. The number of benzene rings is 1. The summed E-state index contributed by atoms with van der Waals surface area (Å²) in [6.07, 6.45) is 6.39. The van der Waals surface area contributed by atoms with E-state index in [1.54, 1.807) is 18.2 Å². The molecule has 1 aliphatic carbocycles. The fourth-order valence-electron chi connectivity index (χ4n) is 3.33. The van der Waals surface area contributed by atoms with E-state index in [2.05, 4.69) is 15.6 Å². The van der Waals surface area contributed by atoms with Gasteiger partial charge in [-0.2, -0.15) is 0 Å². The van der Waals surface area contributed by atoms with Crippen LogP contribution in [0.1, 0.15) is 65.6 Å². The molecule has 2 N–H and O–H groups in total. The third kappa shape index (κ3) is 4.48. The lowest BCUT2D eigenvalue weighted by Crippen LogP contribution is -2.36. The topological polar surface area (TPSA) is 71.1 Å². The van der Waals surface area contributed by atoms with Gasteiger partial charge in [0.05, 0.1) is 0 Å². The number of carbonyl (C=O) groups excluding carboxylic acids is 2. The van der Waals surface area contributed by atoms with Crippen LogP contribution >= 0.6 is 0 Å². The summed E-state index contributed by atoms with van der Waals surface area (Å²) < 4.78 is 0. The quantitative estimate of drug-likeness (QED) is 0.856. The average Bonchev–Trinajstić information content (AvgIpc) is 2.69. The number of aromatic nitrogens is 1. The molecule has 0 bridgehead atoms. The minimum Gasteiger partial charge on any atom is -0.348 e. The Morgan fingerprint density at radius 1 is 0.962 bits per heavy atom. The highest BCUT2D eigenvalue weighted by atomic mass is 16.2. The molecular formula is C21H25N3O2. The highest BCUT2D eigenvalue weighted by molar-refractivity contribution is 6.04. The molecule has 5 heteroatoms. The Bertz CT molecular complexity index is 782. The zero-order valence-electron chi connectivity index (χ0n) is 15.1. The molecule has 1 aliphatic rings. The van der Waals surface area contributed by atoms with Crippen LogP contribution in [0.4, 0.5) is 5.69 Å². The van der Waals surface area contributed by atoms with Crippen molar-refractivity contribution in [2.24, 2.45) is 0 Å². The number of nitrogens with zero attached hydrogens (tertiary/aromatic N) is 1. The number of hydrogen-bond acceptors (Lipinski definition) is 3. The van der Waals surface area contributed by atoms with Crippen LogP contribution in [0.5, 0.6) is 0 Å². The first-order valence-electron chi connectivity index (χ1n) is 9.34. The van der Waals surface area contributed by atoms with Gasteiger partial charge in [0.15, 0.2) is 0 Å². The summed E-state index contributed by atoms with van der Waals surface area (Å²) in [5, 5.41) is 5.93. The monoisotopic (exact) mass is 351 g/mol. The summed E-state index contributed by atoms with van der Waals surface area (Å²) in [6, 6.07) is 12.9. The molecule has 1 aromatic heterocycles. The second-order valence-electron chi connectivity index (χ2n) is 6.68. The molecule has 2 amide bonds. The first-order chi connectivity index (χ1) is 12.7. The molecule has 1 fully saturated rings. The summed E-state index contributed by atoms with van der Waals surface area (Å²) in [7, 11) is 0. The second kappa shape index (κ2) is 8.61. The molecule has 0 atom stereocenters. The number of rotatable bonds is 5. The van der Waals surface area contributed by atoms with Gasteiger partial charge in [0, 0.05) is 11.7 Å². The molecule has 1 aromatic carbocycles. The number of pyridine rings is 1. The zero-order valence-corrected chi connectivity index (χ0v) is 15.1. The Kier molecular flexibility index (Phi) is 6.00. The molecule has 26 heavy (non-hydrogen) atoms. The van der Waals surface area contributed by atoms with Crippen LogP contribution in [0, 0.1) is 0 Å². The Balaban J connectivity index is 1.69. The molecule has 1 saturated carbocycles. The van der Waals surface area contributed by atoms with Gasteiger partial charge in [-0.05, 0) is 43.0 Å². The van der Waals surface area contributed by atoms with Gasteiger partial charge in [-0.25, -0.2) is 4.98 Å². The number of aryl methyl sites for hydroxylation is 1. The largest absolute Gasteiger partial charge is 0.348 e. The predicted molar refractivity (Wildman–Crippen MR) is 102 cm³/mol. The molecule has 5 nitrogen and oxygen atoms in total. The van der Waals surface area contributed by atoms with Gasteiger partial charge in [-0.3, -0.25) is 9.59 Å². The second-order valence-corrected chi connectivity index (χ2v) is 6.68. The van der Waals surface area contributed by atoms with Crippen LogP contribution in [0.3, 0.4) is 0 Å². The summed E-state index contributed by atoms with van der Waals surface area (Å²) in [4.78, 5) is 29.2. The highest BCUT2D eigenvalue weighted by Crippen LogP contribution is 2.18. The molecule has 0 spiro atoms. The SMILES string of the molecule is CCc1ccccc1NC(=O)c1cccc(C(=O)NC2CCCCC2)n1. The van der Waals surface area contributed by atoms with Gasteiger partial charge in [0.2, 0.25) is 0 Å². The zero-order chi connectivity index (χ0) is 18.4. The Morgan fingerprint density at radius 3 is 2.38 bits per heavy atom. The van der Waals surface area contributed by atoms with Gasteiger partial charge in [-0.15, -0.1) is 0 Å². The van der Waals surface area contributed by atoms with Crippen molar-refractivity contribution in [3.8, 4) is 0 Å². The number of para-hydroxylation sites is 1. The van der Waals surface area contributed by atoms with E-state index in [1.165, 1.54) is 6.42 Å². The maximum Gasteiger partial charge on any atom is 0.274 e. The highest BCUT2D eigenvalue weighted by Gasteiger charge is 2.18. The smallest absolute Gasteiger partial charge is 0.274 e. The molecule has 0 aliphatic heterocycles. The Morgan fingerprint density at radius 2 is 1.65 bits per heavy atom. The number of hydrogen-bond donors (Lipinski definition) is 2. The normalized spacial score (nSPS) is 14.7. The van der Waals surface area contributed by atoms with E-state index >= 15 is 0 Å². The van der Waals surface area contributed by atoms with E-state index in [9.17, 15) is 9.59 Å². The fourth-order valence-corrected chi connectivity index (χ4v) is 3.33. The van der Waals surface area contributed by atoms with Gasteiger partial charge >= 0.3 is 0 Å². The summed E-state index contributed by atoms with van der Waals surface area (Å²) in [5.74, 6) is -0.515. The van der Waals surface area contributed by atoms with Gasteiger partial charge in [0.1, 0.15) is 11.4 Å². The lowest BCUT2D eigenvalue weighted by molar-refractivity contribution is 0.0922. The van der Waals surface area contributed by atoms with Crippen LogP contribution < -0.4 is 10.6 Å². The van der Waals surface area contributed by atoms with Crippen LogP contribution in [0.2, 0.25) is 0 Å². The van der Waals surface area contributed by atoms with Crippen molar-refractivity contribution < 1.29 is 9.59 Å². The molecule has 0 unspecified atom stereocenters. The third-order valence-electron chi connectivity index (χ3n) is 4.80. The van der Waals surface area contributed by atoms with E-state index in [0.717, 1.165) is 43.4 Å². The maximum atomic E-state index is 12.5. The van der Waals surface area contributed by atoms with Crippen LogP contribution in [0.15, 0.2) is 42.5 Å². The molecule has 3 rings (SSSR count). The van der Waals surface area contributed by atoms with Gasteiger partial charge in [-0.1, -0.05) is 50.5 Å². The van der Waals surface area contributed by atoms with Crippen molar-refractivity contribution in [2.45, 2.75) is 51.5 Å². The van der Waals surface area contributed by atoms with Crippen molar-refractivity contribution in [2.75, 3.05) is 5.32 Å². The van der Waals surface area contributed by atoms with E-state index in [0.29, 0.717) is 0 Å². The first-order valence-corrected chi connectivity index (χ1v) is 9.34. The van der Waals surface area contributed by atoms with Gasteiger partial charge < -0.3 is 10.6 Å². The lowest BCUT2D eigenvalue weighted by atomic mass is 9.95. The molecule has 0 radical (unpaired) electrons. The number of amides is 2. The van der Waals surface area contributed by atoms with Crippen LogP contribution in [0.25, 0.3) is 0 Å². The van der Waals surface area contributed by atoms with Crippen LogP contribution in [-0.4, -0.2) is 22.8 Å². The predicted octanol–water partition coefficient (Wildman–Crippen LogP) is 3.96. The summed E-state index contributed by atoms with van der Waals surface area (Å²) in [6.45, 7) is 2.04. The van der Waals surface area contributed by atoms with Gasteiger partial charge in [0.25, 0.3) is 11.8 Å². The van der Waals surface area contributed by atoms with E-state index < -0.39 is 0 Å². The van der Waals surface area contributed by atoms with Crippen molar-refractivity contribution in [3.63, 3.8) is 0 Å². The van der Waals surface area contributed by atoms with Crippen molar-refractivity contribution in [1.82, 2.24) is 10.3 Å². The standard InChI is InChI=1S/C21H25N3O2/c1-2-15-9-6-7-12-17(15)24-21(26)19-14-8-13-18(23-19)20(25)22-16-10-4-3-5-11-16/h6-9,12-14,16H,2-5,10-11H2,1H3,(H,22,25)(H,24,26). The molecule has 136 valence electrons. The number of nitrogens with one attached hydrogen (secondary N) is 2. The first kappa shape index (κ1) is 18.1. The molecule has 2 aromatic rings. The molecule has 1 heterocycles. The summed E-state index contributed by atoms with van der Waals surface area (Å²) in [5.41, 5.74) is 2.37. The van der Waals surface area contributed by atoms with Crippen molar-refractivity contribution in [3.05, 3.63) is 59.4 Å². The van der Waals surface area contributed by atoms with E-state index in [4.69, 9.17) is 0 Å². The van der Waals surface area contributed by atoms with E-state index in [1.807, 2.05) is 31.2 Å². The Labute approximate surface area is 154 Å². The molecular weight excluding hydrogens is 326 g/mol. The average molecular weight is 351 g/mol. The van der Waals surface area contributed by atoms with Crippen molar-refractivity contribution >= 4 is 17.5 Å². The Hall–Kier alpha value is -2.69. The fraction of sp³-hybridized carbons (Fsp3) is 0.381. The number of carbonyl (C=O) groups is 2.